The summed E-state index contributed by atoms with van der Waals surface area (Å²) in [5.41, 5.74) is 3.07. The number of benzene rings is 3. The summed E-state index contributed by atoms with van der Waals surface area (Å²) >= 11 is 0. The van der Waals surface area contributed by atoms with E-state index < -0.39 is 0 Å². The van der Waals surface area contributed by atoms with Crippen LogP contribution in [0.25, 0.3) is 5.69 Å². The van der Waals surface area contributed by atoms with Crippen molar-refractivity contribution in [3.05, 3.63) is 118 Å². The van der Waals surface area contributed by atoms with Crippen molar-refractivity contribution in [1.29, 1.82) is 0 Å². The molecule has 4 rings (SSSR count). The summed E-state index contributed by atoms with van der Waals surface area (Å²) in [6, 6.07) is 23.1. The Morgan fingerprint density at radius 2 is 1.79 bits per heavy atom. The molecule has 0 saturated heterocycles. The van der Waals surface area contributed by atoms with Gasteiger partial charge >= 0.3 is 0 Å². The largest absolute Gasteiger partial charge is 0.472 e. The SMILES string of the molecule is CCc1ccccc1NC(=O)c1ccc(-n2nc(OCc3cccc(F)c3)ccc2=O)cc1. The Morgan fingerprint density at radius 1 is 1.00 bits per heavy atom. The van der Waals surface area contributed by atoms with Crippen molar-refractivity contribution in [2.45, 2.75) is 20.0 Å². The highest BCUT2D eigenvalue weighted by atomic mass is 19.1. The van der Waals surface area contributed by atoms with Gasteiger partial charge in [-0.15, -0.1) is 5.10 Å². The first-order valence-electron chi connectivity index (χ1n) is 10.5. The minimum Gasteiger partial charge on any atom is -0.472 e. The van der Waals surface area contributed by atoms with Crippen LogP contribution >= 0.6 is 0 Å². The van der Waals surface area contributed by atoms with Gasteiger partial charge in [-0.1, -0.05) is 37.3 Å². The molecule has 1 aromatic heterocycles. The third-order valence-electron chi connectivity index (χ3n) is 5.07. The second-order valence-electron chi connectivity index (χ2n) is 7.35. The van der Waals surface area contributed by atoms with Crippen molar-refractivity contribution >= 4 is 11.6 Å². The zero-order chi connectivity index (χ0) is 23.2. The normalized spacial score (nSPS) is 10.6. The average molecular weight is 443 g/mol. The number of nitrogens with one attached hydrogen (secondary N) is 1. The Bertz CT molecular complexity index is 1330. The van der Waals surface area contributed by atoms with E-state index in [1.54, 1.807) is 36.4 Å². The van der Waals surface area contributed by atoms with Crippen LogP contribution in [0.1, 0.15) is 28.4 Å². The monoisotopic (exact) mass is 443 g/mol. The van der Waals surface area contributed by atoms with Crippen LogP contribution in [-0.2, 0) is 13.0 Å². The average Bonchev–Trinajstić information content (AvgIpc) is 2.84. The highest BCUT2D eigenvalue weighted by Crippen LogP contribution is 2.17. The maximum Gasteiger partial charge on any atom is 0.271 e. The van der Waals surface area contributed by atoms with Crippen LogP contribution in [0.15, 0.2) is 89.7 Å². The third kappa shape index (κ3) is 5.33. The van der Waals surface area contributed by atoms with Gasteiger partial charge in [0.05, 0.1) is 5.69 Å². The Morgan fingerprint density at radius 3 is 2.55 bits per heavy atom. The number of halogens is 1. The molecule has 0 fully saturated rings. The first-order chi connectivity index (χ1) is 16.0. The van der Waals surface area contributed by atoms with Crippen molar-refractivity contribution in [3.8, 4) is 11.6 Å². The standard InChI is InChI=1S/C26H22FN3O3/c1-2-19-7-3-4-9-23(19)28-26(32)20-10-12-22(13-11-20)30-25(31)15-14-24(29-30)33-17-18-6-5-8-21(27)16-18/h3-16H,2,17H2,1H3,(H,28,32). The maximum absolute atomic E-state index is 13.3. The van der Waals surface area contributed by atoms with Gasteiger partial charge in [0.15, 0.2) is 0 Å². The lowest BCUT2D eigenvalue weighted by atomic mass is 10.1. The van der Waals surface area contributed by atoms with Gasteiger partial charge in [-0.05, 0) is 60.0 Å². The van der Waals surface area contributed by atoms with E-state index in [-0.39, 0.29) is 29.8 Å². The fourth-order valence-electron chi connectivity index (χ4n) is 3.34. The van der Waals surface area contributed by atoms with E-state index in [0.29, 0.717) is 16.8 Å². The third-order valence-corrected chi connectivity index (χ3v) is 5.07. The molecule has 1 amide bonds. The number of hydrogen-bond acceptors (Lipinski definition) is 4. The molecule has 0 spiro atoms. The number of rotatable bonds is 7. The molecule has 1 heterocycles. The molecule has 4 aromatic rings. The second kappa shape index (κ2) is 9.91. The number of carbonyl (C=O) groups is 1. The number of para-hydroxylation sites is 1. The molecule has 0 saturated carbocycles. The molecule has 0 bridgehead atoms. The minimum absolute atomic E-state index is 0.112. The van der Waals surface area contributed by atoms with Crippen LogP contribution in [0.5, 0.6) is 5.88 Å². The first kappa shape index (κ1) is 22.0. The Kier molecular flexibility index (Phi) is 6.59. The molecule has 166 valence electrons. The lowest BCUT2D eigenvalue weighted by Crippen LogP contribution is -2.21. The van der Waals surface area contributed by atoms with E-state index in [2.05, 4.69) is 10.4 Å². The number of nitrogens with zero attached hydrogens (tertiary/aromatic N) is 2. The number of amides is 1. The topological polar surface area (TPSA) is 73.2 Å². The molecule has 6 nitrogen and oxygen atoms in total. The predicted octanol–water partition coefficient (Wildman–Crippen LogP) is 4.77. The molecule has 3 aromatic carbocycles. The van der Waals surface area contributed by atoms with Gasteiger partial charge in [0, 0.05) is 23.4 Å². The van der Waals surface area contributed by atoms with E-state index in [4.69, 9.17) is 4.74 Å². The Hall–Kier alpha value is -4.26. The lowest BCUT2D eigenvalue weighted by Gasteiger charge is -2.11. The molecule has 0 aliphatic heterocycles. The van der Waals surface area contributed by atoms with E-state index in [9.17, 15) is 14.0 Å². The van der Waals surface area contributed by atoms with Crippen molar-refractivity contribution < 1.29 is 13.9 Å². The van der Waals surface area contributed by atoms with Gasteiger partial charge in [-0.25, -0.2) is 4.39 Å². The van der Waals surface area contributed by atoms with Crippen LogP contribution < -0.4 is 15.6 Å². The molecular weight excluding hydrogens is 421 g/mol. The van der Waals surface area contributed by atoms with Crippen LogP contribution in [0.4, 0.5) is 10.1 Å². The lowest BCUT2D eigenvalue weighted by molar-refractivity contribution is 0.102. The fraction of sp³-hybridized carbons (Fsp3) is 0.115. The number of hydrogen-bond donors (Lipinski definition) is 1. The van der Waals surface area contributed by atoms with Gasteiger partial charge in [0.2, 0.25) is 5.88 Å². The van der Waals surface area contributed by atoms with Gasteiger partial charge in [-0.2, -0.15) is 4.68 Å². The first-order valence-corrected chi connectivity index (χ1v) is 10.5. The van der Waals surface area contributed by atoms with Crippen molar-refractivity contribution in [2.24, 2.45) is 0 Å². The van der Waals surface area contributed by atoms with Crippen molar-refractivity contribution in [1.82, 2.24) is 9.78 Å². The van der Waals surface area contributed by atoms with Crippen molar-refractivity contribution in [3.63, 3.8) is 0 Å². The molecule has 7 heteroatoms. The predicted molar refractivity (Wildman–Crippen MR) is 124 cm³/mol. The fourth-order valence-corrected chi connectivity index (χ4v) is 3.34. The highest BCUT2D eigenvalue weighted by Gasteiger charge is 2.10. The number of ether oxygens (including phenoxy) is 1. The highest BCUT2D eigenvalue weighted by molar-refractivity contribution is 6.04. The number of aromatic nitrogens is 2. The van der Waals surface area contributed by atoms with Gasteiger partial charge in [0.25, 0.3) is 11.5 Å². The summed E-state index contributed by atoms with van der Waals surface area (Å²) in [5.74, 6) is -0.372. The molecule has 0 atom stereocenters. The van der Waals surface area contributed by atoms with E-state index >= 15 is 0 Å². The van der Waals surface area contributed by atoms with Gasteiger partial charge in [-0.3, -0.25) is 9.59 Å². The molecular formula is C26H22FN3O3. The number of aryl methyl sites for hydroxylation is 1. The molecule has 0 aliphatic carbocycles. The summed E-state index contributed by atoms with van der Waals surface area (Å²) in [5, 5.41) is 7.16. The quantitative estimate of drug-likeness (QED) is 0.447. The zero-order valence-electron chi connectivity index (χ0n) is 18.0. The molecule has 0 aliphatic rings. The number of anilines is 1. The zero-order valence-corrected chi connectivity index (χ0v) is 18.0. The molecule has 33 heavy (non-hydrogen) atoms. The summed E-state index contributed by atoms with van der Waals surface area (Å²) < 4.78 is 20.1. The second-order valence-corrected chi connectivity index (χ2v) is 7.35. The minimum atomic E-state index is -0.351. The van der Waals surface area contributed by atoms with Crippen molar-refractivity contribution in [2.75, 3.05) is 5.32 Å². The maximum atomic E-state index is 13.3. The number of carbonyl (C=O) groups excluding carboxylic acids is 1. The Labute approximate surface area is 190 Å². The van der Waals surface area contributed by atoms with Gasteiger partial charge < -0.3 is 10.1 Å². The van der Waals surface area contributed by atoms with Crippen LogP contribution in [0.2, 0.25) is 0 Å². The van der Waals surface area contributed by atoms with Crippen LogP contribution in [0.3, 0.4) is 0 Å². The van der Waals surface area contributed by atoms with E-state index in [0.717, 1.165) is 17.7 Å². The summed E-state index contributed by atoms with van der Waals surface area (Å²) in [6.07, 6.45) is 0.807. The van der Waals surface area contributed by atoms with E-state index in [1.165, 1.54) is 28.9 Å². The molecule has 0 unspecified atom stereocenters. The Balaban J connectivity index is 1.49. The summed E-state index contributed by atoms with van der Waals surface area (Å²) in [4.78, 5) is 25.0. The van der Waals surface area contributed by atoms with Crippen LogP contribution in [-0.4, -0.2) is 15.7 Å². The molecule has 1 N–H and O–H groups in total. The summed E-state index contributed by atoms with van der Waals surface area (Å²) in [7, 11) is 0. The smallest absolute Gasteiger partial charge is 0.271 e. The summed E-state index contributed by atoms with van der Waals surface area (Å²) in [6.45, 7) is 2.14. The molecule has 0 radical (unpaired) electrons. The van der Waals surface area contributed by atoms with Crippen LogP contribution in [0, 0.1) is 5.82 Å². The van der Waals surface area contributed by atoms with E-state index in [1.807, 2.05) is 31.2 Å². The van der Waals surface area contributed by atoms with Gasteiger partial charge in [0.1, 0.15) is 12.4 Å².